The predicted octanol–water partition coefficient (Wildman–Crippen LogP) is 4.47. The summed E-state index contributed by atoms with van der Waals surface area (Å²) in [7, 11) is 1.62. The zero-order valence-corrected chi connectivity index (χ0v) is 14.0. The van der Waals surface area contributed by atoms with Crippen LogP contribution in [-0.4, -0.2) is 13.7 Å². The van der Waals surface area contributed by atoms with Gasteiger partial charge in [-0.25, -0.2) is 0 Å². The maximum absolute atomic E-state index is 6.16. The SMILES string of the molecule is COc1ccc(CCCN)cc1OCc1c(Cl)cccc1Cl. The molecule has 0 fully saturated rings. The van der Waals surface area contributed by atoms with E-state index >= 15 is 0 Å². The Kier molecular flexibility index (Phi) is 6.37. The molecule has 22 heavy (non-hydrogen) atoms. The number of hydrogen-bond donors (Lipinski definition) is 1. The van der Waals surface area contributed by atoms with Gasteiger partial charge in [0.1, 0.15) is 6.61 Å². The Bertz CT molecular complexity index is 612. The summed E-state index contributed by atoms with van der Waals surface area (Å²) in [6.45, 7) is 0.951. The van der Waals surface area contributed by atoms with Gasteiger partial charge in [-0.15, -0.1) is 0 Å². The molecule has 0 spiro atoms. The summed E-state index contributed by atoms with van der Waals surface area (Å²) in [5, 5.41) is 1.18. The molecule has 2 rings (SSSR count). The minimum atomic E-state index is 0.287. The fraction of sp³-hybridized carbons (Fsp3) is 0.294. The average Bonchev–Trinajstić information content (AvgIpc) is 2.52. The third-order valence-electron chi connectivity index (χ3n) is 3.33. The zero-order chi connectivity index (χ0) is 15.9. The van der Waals surface area contributed by atoms with Crippen LogP contribution < -0.4 is 15.2 Å². The van der Waals surface area contributed by atoms with Crippen molar-refractivity contribution in [1.82, 2.24) is 0 Å². The molecule has 0 aliphatic carbocycles. The quantitative estimate of drug-likeness (QED) is 0.809. The summed E-state index contributed by atoms with van der Waals surface area (Å²) in [6, 6.07) is 11.3. The van der Waals surface area contributed by atoms with Gasteiger partial charge in [0.2, 0.25) is 0 Å². The zero-order valence-electron chi connectivity index (χ0n) is 12.4. The van der Waals surface area contributed by atoms with Gasteiger partial charge in [0, 0.05) is 15.6 Å². The van der Waals surface area contributed by atoms with Gasteiger partial charge in [-0.05, 0) is 49.2 Å². The first-order chi connectivity index (χ1) is 10.7. The molecule has 0 radical (unpaired) electrons. The van der Waals surface area contributed by atoms with E-state index in [0.29, 0.717) is 28.1 Å². The molecule has 0 aromatic heterocycles. The van der Waals surface area contributed by atoms with Crippen molar-refractivity contribution >= 4 is 23.2 Å². The Labute approximate surface area is 140 Å². The van der Waals surface area contributed by atoms with Gasteiger partial charge in [-0.1, -0.05) is 35.3 Å². The summed E-state index contributed by atoms with van der Waals surface area (Å²) < 4.78 is 11.2. The molecule has 5 heteroatoms. The van der Waals surface area contributed by atoms with Crippen LogP contribution >= 0.6 is 23.2 Å². The fourth-order valence-corrected chi connectivity index (χ4v) is 2.62. The minimum absolute atomic E-state index is 0.287. The molecule has 0 aliphatic heterocycles. The largest absolute Gasteiger partial charge is 0.493 e. The number of rotatable bonds is 7. The van der Waals surface area contributed by atoms with Gasteiger partial charge >= 0.3 is 0 Å². The van der Waals surface area contributed by atoms with Crippen LogP contribution in [0.2, 0.25) is 10.0 Å². The normalized spacial score (nSPS) is 10.5. The third-order valence-corrected chi connectivity index (χ3v) is 4.04. The molecule has 118 valence electrons. The van der Waals surface area contributed by atoms with Crippen LogP contribution in [0.25, 0.3) is 0 Å². The first kappa shape index (κ1) is 16.9. The first-order valence-electron chi connectivity index (χ1n) is 7.08. The summed E-state index contributed by atoms with van der Waals surface area (Å²) >= 11 is 12.3. The van der Waals surface area contributed by atoms with Crippen LogP contribution in [0, 0.1) is 0 Å². The highest BCUT2D eigenvalue weighted by atomic mass is 35.5. The summed E-state index contributed by atoms with van der Waals surface area (Å²) in [6.07, 6.45) is 1.84. The van der Waals surface area contributed by atoms with Crippen molar-refractivity contribution in [1.29, 1.82) is 0 Å². The Morgan fingerprint density at radius 1 is 1.05 bits per heavy atom. The van der Waals surface area contributed by atoms with Crippen molar-refractivity contribution in [2.24, 2.45) is 5.73 Å². The molecule has 2 N–H and O–H groups in total. The minimum Gasteiger partial charge on any atom is -0.493 e. The third kappa shape index (κ3) is 4.29. The van der Waals surface area contributed by atoms with Crippen molar-refractivity contribution in [3.05, 3.63) is 57.6 Å². The van der Waals surface area contributed by atoms with Crippen molar-refractivity contribution in [3.63, 3.8) is 0 Å². The van der Waals surface area contributed by atoms with E-state index in [0.717, 1.165) is 24.0 Å². The van der Waals surface area contributed by atoms with E-state index < -0.39 is 0 Å². The molecule has 0 unspecified atom stereocenters. The van der Waals surface area contributed by atoms with Gasteiger partial charge in [0.15, 0.2) is 11.5 Å². The number of hydrogen-bond acceptors (Lipinski definition) is 3. The molecule has 0 saturated carbocycles. The Balaban J connectivity index is 2.17. The maximum Gasteiger partial charge on any atom is 0.161 e. The number of benzene rings is 2. The second-order valence-electron chi connectivity index (χ2n) is 4.87. The smallest absolute Gasteiger partial charge is 0.161 e. The molecule has 0 bridgehead atoms. The maximum atomic E-state index is 6.16. The second kappa shape index (κ2) is 8.28. The molecule has 0 heterocycles. The topological polar surface area (TPSA) is 44.5 Å². The van der Waals surface area contributed by atoms with Crippen LogP contribution in [0.3, 0.4) is 0 Å². The Morgan fingerprint density at radius 2 is 1.77 bits per heavy atom. The van der Waals surface area contributed by atoms with Crippen LogP contribution in [0.4, 0.5) is 0 Å². The molecule has 0 saturated heterocycles. The molecule has 2 aromatic carbocycles. The second-order valence-corrected chi connectivity index (χ2v) is 5.68. The highest BCUT2D eigenvalue weighted by molar-refractivity contribution is 6.35. The predicted molar refractivity (Wildman–Crippen MR) is 91.2 cm³/mol. The van der Waals surface area contributed by atoms with Gasteiger partial charge in [-0.3, -0.25) is 0 Å². The molecular weight excluding hydrogens is 321 g/mol. The number of halogens is 2. The van der Waals surface area contributed by atoms with Crippen molar-refractivity contribution in [3.8, 4) is 11.5 Å². The molecule has 2 aromatic rings. The molecule has 0 aliphatic rings. The van der Waals surface area contributed by atoms with Crippen LogP contribution in [0.1, 0.15) is 17.5 Å². The van der Waals surface area contributed by atoms with E-state index in [9.17, 15) is 0 Å². The Hall–Kier alpha value is -1.42. The molecule has 0 amide bonds. The molecular formula is C17H19Cl2NO2. The lowest BCUT2D eigenvalue weighted by molar-refractivity contribution is 0.284. The lowest BCUT2D eigenvalue weighted by Crippen LogP contribution is -2.02. The summed E-state index contributed by atoms with van der Waals surface area (Å²) in [5.74, 6) is 1.35. The number of ether oxygens (including phenoxy) is 2. The van der Waals surface area contributed by atoms with E-state index in [1.165, 1.54) is 0 Å². The number of aryl methyl sites for hydroxylation is 1. The summed E-state index contributed by atoms with van der Waals surface area (Å²) in [4.78, 5) is 0. The first-order valence-corrected chi connectivity index (χ1v) is 7.84. The summed E-state index contributed by atoms with van der Waals surface area (Å²) in [5.41, 5.74) is 7.48. The Morgan fingerprint density at radius 3 is 2.41 bits per heavy atom. The molecule has 3 nitrogen and oxygen atoms in total. The van der Waals surface area contributed by atoms with Crippen LogP contribution in [-0.2, 0) is 13.0 Å². The van der Waals surface area contributed by atoms with E-state index in [4.69, 9.17) is 38.4 Å². The highest BCUT2D eigenvalue weighted by Gasteiger charge is 2.10. The lowest BCUT2D eigenvalue weighted by atomic mass is 10.1. The number of methoxy groups -OCH3 is 1. The van der Waals surface area contributed by atoms with E-state index in [-0.39, 0.29) is 6.61 Å². The monoisotopic (exact) mass is 339 g/mol. The van der Waals surface area contributed by atoms with Crippen LogP contribution in [0.5, 0.6) is 11.5 Å². The van der Waals surface area contributed by atoms with Crippen molar-refractivity contribution in [2.45, 2.75) is 19.4 Å². The van der Waals surface area contributed by atoms with E-state index in [1.807, 2.05) is 24.3 Å². The standard InChI is InChI=1S/C17H19Cl2NO2/c1-21-16-8-7-12(4-3-9-20)10-17(16)22-11-13-14(18)5-2-6-15(13)19/h2,5-8,10H,3-4,9,11,20H2,1H3. The highest BCUT2D eigenvalue weighted by Crippen LogP contribution is 2.31. The van der Waals surface area contributed by atoms with Crippen molar-refractivity contribution in [2.75, 3.05) is 13.7 Å². The van der Waals surface area contributed by atoms with E-state index in [1.54, 1.807) is 19.2 Å². The fourth-order valence-electron chi connectivity index (χ4n) is 2.12. The van der Waals surface area contributed by atoms with Gasteiger partial charge in [-0.2, -0.15) is 0 Å². The van der Waals surface area contributed by atoms with E-state index in [2.05, 4.69) is 0 Å². The number of nitrogens with two attached hydrogens (primary N) is 1. The van der Waals surface area contributed by atoms with Crippen molar-refractivity contribution < 1.29 is 9.47 Å². The van der Waals surface area contributed by atoms with Gasteiger partial charge < -0.3 is 15.2 Å². The van der Waals surface area contributed by atoms with Gasteiger partial charge in [0.25, 0.3) is 0 Å². The average molecular weight is 340 g/mol. The van der Waals surface area contributed by atoms with Gasteiger partial charge in [0.05, 0.1) is 7.11 Å². The molecule has 0 atom stereocenters. The lowest BCUT2D eigenvalue weighted by Gasteiger charge is -2.14. The van der Waals surface area contributed by atoms with Crippen LogP contribution in [0.15, 0.2) is 36.4 Å².